The van der Waals surface area contributed by atoms with Crippen LogP contribution < -0.4 is 0 Å². The third-order valence-electron chi connectivity index (χ3n) is 11.3. The highest BCUT2D eigenvalue weighted by atomic mass is 16.5. The SMILES string of the molecule is CC(=O)OC1CCC2(C)C(=CCC3C2CCC2(C)C(C(C)C=CC(C(C)C)C(C)C)CCC32)C1. The van der Waals surface area contributed by atoms with E-state index in [4.69, 9.17) is 4.74 Å². The molecule has 4 aliphatic carbocycles. The Morgan fingerprint density at radius 1 is 0.971 bits per heavy atom. The molecule has 0 aromatic carbocycles. The molecule has 8 unspecified atom stereocenters. The molecule has 0 spiro atoms. The standard InChI is InChI=1S/C32H52O2/c1-20(2)26(21(3)4)11-9-22(5)28-13-14-29-27-12-10-24-19-25(34-23(6)33)15-17-31(24,7)30(27)16-18-32(28,29)8/h9-11,20-22,25-30H,12-19H2,1-8H3. The average molecular weight is 469 g/mol. The fourth-order valence-corrected chi connectivity index (χ4v) is 9.52. The van der Waals surface area contributed by atoms with Crippen LogP contribution in [0.25, 0.3) is 0 Å². The van der Waals surface area contributed by atoms with E-state index in [2.05, 4.69) is 66.7 Å². The molecule has 0 heterocycles. The number of fused-ring (bicyclic) bond motifs is 5. The first kappa shape index (κ1) is 26.0. The number of hydrogen-bond acceptors (Lipinski definition) is 2. The van der Waals surface area contributed by atoms with E-state index in [1.165, 1.54) is 38.5 Å². The lowest BCUT2D eigenvalue weighted by Gasteiger charge is -2.58. The van der Waals surface area contributed by atoms with Crippen LogP contribution in [0.4, 0.5) is 0 Å². The van der Waals surface area contributed by atoms with Gasteiger partial charge in [0.25, 0.3) is 0 Å². The Balaban J connectivity index is 1.49. The summed E-state index contributed by atoms with van der Waals surface area (Å²) in [5, 5.41) is 0. The van der Waals surface area contributed by atoms with Gasteiger partial charge in [0.15, 0.2) is 0 Å². The number of rotatable bonds is 6. The highest BCUT2D eigenvalue weighted by Gasteiger charge is 2.59. The van der Waals surface area contributed by atoms with E-state index in [9.17, 15) is 4.79 Å². The number of allylic oxidation sites excluding steroid dienone is 3. The average Bonchev–Trinajstić information content (AvgIpc) is 3.10. The molecule has 0 radical (unpaired) electrons. The maximum atomic E-state index is 11.5. The van der Waals surface area contributed by atoms with E-state index in [0.717, 1.165) is 36.5 Å². The van der Waals surface area contributed by atoms with Gasteiger partial charge in [-0.05, 0) is 103 Å². The molecule has 4 rings (SSSR count). The van der Waals surface area contributed by atoms with Gasteiger partial charge < -0.3 is 4.74 Å². The molecule has 0 amide bonds. The predicted molar refractivity (Wildman–Crippen MR) is 142 cm³/mol. The number of esters is 1. The molecule has 0 aromatic heterocycles. The first-order valence-electron chi connectivity index (χ1n) is 14.5. The zero-order valence-corrected chi connectivity index (χ0v) is 23.4. The molecule has 0 aliphatic heterocycles. The molecule has 0 saturated heterocycles. The van der Waals surface area contributed by atoms with Gasteiger partial charge in [0.05, 0.1) is 0 Å². The van der Waals surface area contributed by atoms with Crippen LogP contribution in [0, 0.1) is 58.2 Å². The Morgan fingerprint density at radius 3 is 2.32 bits per heavy atom. The fourth-order valence-electron chi connectivity index (χ4n) is 9.52. The number of carbonyl (C=O) groups is 1. The van der Waals surface area contributed by atoms with Crippen molar-refractivity contribution in [1.82, 2.24) is 0 Å². The molecule has 0 aromatic rings. The van der Waals surface area contributed by atoms with E-state index < -0.39 is 0 Å². The van der Waals surface area contributed by atoms with Crippen LogP contribution in [0.15, 0.2) is 23.8 Å². The smallest absolute Gasteiger partial charge is 0.302 e. The highest BCUT2D eigenvalue weighted by Crippen LogP contribution is 2.67. The monoisotopic (exact) mass is 468 g/mol. The van der Waals surface area contributed by atoms with E-state index in [1.807, 2.05) is 0 Å². The molecular formula is C32H52O2. The Labute approximate surface area is 210 Å². The Hall–Kier alpha value is -1.05. The summed E-state index contributed by atoms with van der Waals surface area (Å²) < 4.78 is 5.63. The lowest BCUT2D eigenvalue weighted by atomic mass is 9.47. The normalized spacial score (nSPS) is 40.8. The minimum atomic E-state index is -0.121. The first-order chi connectivity index (χ1) is 16.0. The third kappa shape index (κ3) is 4.57. The zero-order valence-electron chi connectivity index (χ0n) is 23.4. The quantitative estimate of drug-likeness (QED) is 0.288. The summed E-state index contributed by atoms with van der Waals surface area (Å²) in [5.74, 6) is 6.04. The summed E-state index contributed by atoms with van der Waals surface area (Å²) in [5.41, 5.74) is 2.42. The summed E-state index contributed by atoms with van der Waals surface area (Å²) in [7, 11) is 0. The minimum absolute atomic E-state index is 0.103. The number of carbonyl (C=O) groups excluding carboxylic acids is 1. The predicted octanol–water partition coefficient (Wildman–Crippen LogP) is 8.62. The summed E-state index contributed by atoms with van der Waals surface area (Å²) in [6, 6.07) is 0. The second-order valence-corrected chi connectivity index (χ2v) is 13.8. The molecule has 4 aliphatic rings. The van der Waals surface area contributed by atoms with Gasteiger partial charge in [0.1, 0.15) is 6.10 Å². The van der Waals surface area contributed by atoms with E-state index in [1.54, 1.807) is 12.5 Å². The van der Waals surface area contributed by atoms with Crippen LogP contribution in [-0.2, 0) is 9.53 Å². The van der Waals surface area contributed by atoms with Crippen molar-refractivity contribution in [3.05, 3.63) is 23.8 Å². The van der Waals surface area contributed by atoms with Crippen molar-refractivity contribution in [2.75, 3.05) is 0 Å². The van der Waals surface area contributed by atoms with E-state index in [0.29, 0.717) is 34.5 Å². The molecule has 34 heavy (non-hydrogen) atoms. The van der Waals surface area contributed by atoms with Gasteiger partial charge in [0.2, 0.25) is 0 Å². The van der Waals surface area contributed by atoms with Gasteiger partial charge in [-0.15, -0.1) is 0 Å². The van der Waals surface area contributed by atoms with Gasteiger partial charge >= 0.3 is 5.97 Å². The summed E-state index contributed by atoms with van der Waals surface area (Å²) >= 11 is 0. The molecule has 3 fully saturated rings. The van der Waals surface area contributed by atoms with Crippen LogP contribution in [0.3, 0.4) is 0 Å². The zero-order chi connectivity index (χ0) is 24.8. The molecule has 0 bridgehead atoms. The van der Waals surface area contributed by atoms with Crippen LogP contribution >= 0.6 is 0 Å². The van der Waals surface area contributed by atoms with Crippen LogP contribution in [0.5, 0.6) is 0 Å². The van der Waals surface area contributed by atoms with Crippen LogP contribution in [0.2, 0.25) is 0 Å². The van der Waals surface area contributed by atoms with Crippen molar-refractivity contribution in [1.29, 1.82) is 0 Å². The summed E-state index contributed by atoms with van der Waals surface area (Å²) in [4.78, 5) is 11.5. The van der Waals surface area contributed by atoms with Crippen LogP contribution in [-0.4, -0.2) is 12.1 Å². The second-order valence-electron chi connectivity index (χ2n) is 13.8. The highest BCUT2D eigenvalue weighted by molar-refractivity contribution is 5.66. The van der Waals surface area contributed by atoms with Crippen LogP contribution in [0.1, 0.15) is 107 Å². The van der Waals surface area contributed by atoms with Crippen molar-refractivity contribution in [2.24, 2.45) is 58.2 Å². The molecule has 2 heteroatoms. The van der Waals surface area contributed by atoms with Crippen molar-refractivity contribution >= 4 is 5.97 Å². The van der Waals surface area contributed by atoms with Crippen molar-refractivity contribution in [3.8, 4) is 0 Å². The molecule has 2 nitrogen and oxygen atoms in total. The van der Waals surface area contributed by atoms with Crippen molar-refractivity contribution < 1.29 is 9.53 Å². The molecule has 192 valence electrons. The number of hydrogen-bond donors (Lipinski definition) is 0. The summed E-state index contributed by atoms with van der Waals surface area (Å²) in [6.45, 7) is 18.8. The maximum absolute atomic E-state index is 11.5. The van der Waals surface area contributed by atoms with Gasteiger partial charge in [0, 0.05) is 13.3 Å². The second kappa shape index (κ2) is 9.78. The lowest BCUT2D eigenvalue weighted by molar-refractivity contribution is -0.148. The van der Waals surface area contributed by atoms with Crippen molar-refractivity contribution in [3.63, 3.8) is 0 Å². The Kier molecular flexibility index (Phi) is 7.48. The Morgan fingerprint density at radius 2 is 1.68 bits per heavy atom. The van der Waals surface area contributed by atoms with Crippen molar-refractivity contribution in [2.45, 2.75) is 113 Å². The van der Waals surface area contributed by atoms with E-state index in [-0.39, 0.29) is 12.1 Å². The van der Waals surface area contributed by atoms with Gasteiger partial charge in [-0.1, -0.05) is 72.3 Å². The molecule has 0 N–H and O–H groups in total. The molecule has 3 saturated carbocycles. The minimum Gasteiger partial charge on any atom is -0.462 e. The Bertz CT molecular complexity index is 798. The van der Waals surface area contributed by atoms with E-state index >= 15 is 0 Å². The van der Waals surface area contributed by atoms with Gasteiger partial charge in [-0.2, -0.15) is 0 Å². The number of ether oxygens (including phenoxy) is 1. The van der Waals surface area contributed by atoms with Gasteiger partial charge in [-0.3, -0.25) is 4.79 Å². The largest absolute Gasteiger partial charge is 0.462 e. The maximum Gasteiger partial charge on any atom is 0.302 e. The summed E-state index contributed by atoms with van der Waals surface area (Å²) in [6.07, 6.45) is 17.9. The topological polar surface area (TPSA) is 26.3 Å². The fraction of sp³-hybridized carbons (Fsp3) is 0.844. The molecular weight excluding hydrogens is 416 g/mol. The first-order valence-corrected chi connectivity index (χ1v) is 14.5. The molecule has 8 atom stereocenters. The third-order valence-corrected chi connectivity index (χ3v) is 11.3. The van der Waals surface area contributed by atoms with Gasteiger partial charge in [-0.25, -0.2) is 0 Å². The lowest BCUT2D eigenvalue weighted by Crippen LogP contribution is -2.51.